The molecule has 1 unspecified atom stereocenters. The zero-order valence-corrected chi connectivity index (χ0v) is 14.7. The van der Waals surface area contributed by atoms with Gasteiger partial charge in [0.2, 0.25) is 0 Å². The summed E-state index contributed by atoms with van der Waals surface area (Å²) >= 11 is 0. The van der Waals surface area contributed by atoms with Gasteiger partial charge in [0.15, 0.2) is 0 Å². The van der Waals surface area contributed by atoms with Gasteiger partial charge < -0.3 is 15.7 Å². The minimum atomic E-state index is -0.835. The average Bonchev–Trinajstić information content (AvgIpc) is 3.01. The van der Waals surface area contributed by atoms with Gasteiger partial charge in [0.25, 0.3) is 5.91 Å². The summed E-state index contributed by atoms with van der Waals surface area (Å²) in [7, 11) is 0. The number of carbonyl (C=O) groups is 1. The van der Waals surface area contributed by atoms with E-state index in [0.717, 1.165) is 17.7 Å². The third kappa shape index (κ3) is 4.92. The topological polar surface area (TPSA) is 74.2 Å². The molecule has 0 radical (unpaired) electrons. The quantitative estimate of drug-likeness (QED) is 0.770. The second-order valence-corrected chi connectivity index (χ2v) is 5.65. The second-order valence-electron chi connectivity index (χ2n) is 5.65. The van der Waals surface area contributed by atoms with Crippen LogP contribution in [-0.2, 0) is 0 Å². The molecule has 130 valence electrons. The van der Waals surface area contributed by atoms with Crippen LogP contribution in [0.5, 0.6) is 0 Å². The summed E-state index contributed by atoms with van der Waals surface area (Å²) in [4.78, 5) is 16.3. The predicted octanol–water partition coefficient (Wildman–Crippen LogP) is 2.05. The largest absolute Gasteiger partial charge is 0.387 e. The molecule has 1 aliphatic rings. The number of halogens is 2. The van der Waals surface area contributed by atoms with Gasteiger partial charge >= 0.3 is 0 Å². The average molecular weight is 370 g/mol. The molecule has 2 aromatic rings. The van der Waals surface area contributed by atoms with Gasteiger partial charge in [0, 0.05) is 31.0 Å². The molecule has 1 amide bonds. The predicted molar refractivity (Wildman–Crippen MR) is 98.9 cm³/mol. The first-order valence-corrected chi connectivity index (χ1v) is 7.38. The van der Waals surface area contributed by atoms with Crippen LogP contribution in [0.4, 0.5) is 0 Å². The monoisotopic (exact) mass is 369 g/mol. The molecule has 1 aliphatic heterocycles. The lowest BCUT2D eigenvalue weighted by Gasteiger charge is -2.21. The molecule has 0 aliphatic carbocycles. The van der Waals surface area contributed by atoms with Crippen molar-refractivity contribution in [1.29, 1.82) is 0 Å². The zero-order valence-electron chi connectivity index (χ0n) is 13.1. The fourth-order valence-corrected chi connectivity index (χ4v) is 2.61. The van der Waals surface area contributed by atoms with E-state index in [1.54, 1.807) is 18.5 Å². The van der Waals surface area contributed by atoms with E-state index in [4.69, 9.17) is 0 Å². The maximum absolute atomic E-state index is 12.3. The van der Waals surface area contributed by atoms with Crippen LogP contribution in [0.25, 0.3) is 11.1 Å². The molecule has 1 atom stereocenters. The number of hydrogen-bond donors (Lipinski definition) is 3. The highest BCUT2D eigenvalue weighted by atomic mass is 35.5. The number of aromatic nitrogens is 1. The molecule has 2 heterocycles. The van der Waals surface area contributed by atoms with Crippen LogP contribution >= 0.6 is 24.8 Å². The summed E-state index contributed by atoms with van der Waals surface area (Å²) in [5.41, 5.74) is 1.74. The molecule has 5 nitrogen and oxygen atoms in total. The van der Waals surface area contributed by atoms with Crippen LogP contribution in [0.3, 0.4) is 0 Å². The Hall–Kier alpha value is -1.66. The molecule has 0 spiro atoms. The van der Waals surface area contributed by atoms with Crippen molar-refractivity contribution in [1.82, 2.24) is 15.6 Å². The number of nitrogens with one attached hydrogen (secondary N) is 2. The molecule has 0 bridgehead atoms. The van der Waals surface area contributed by atoms with Crippen LogP contribution in [0, 0.1) is 0 Å². The van der Waals surface area contributed by atoms with Gasteiger partial charge in [-0.3, -0.25) is 9.78 Å². The number of amides is 1. The number of hydrogen-bond acceptors (Lipinski definition) is 4. The molecule has 3 rings (SSSR count). The van der Waals surface area contributed by atoms with Gasteiger partial charge in [-0.2, -0.15) is 0 Å². The number of carbonyl (C=O) groups excluding carboxylic acids is 1. The number of nitrogens with zero attached hydrogens (tertiary/aromatic N) is 1. The van der Waals surface area contributed by atoms with Crippen molar-refractivity contribution in [3.8, 4) is 11.1 Å². The third-order valence-corrected chi connectivity index (χ3v) is 3.94. The normalized spacial score (nSPS) is 19.0. The zero-order chi connectivity index (χ0) is 15.4. The Kier molecular flexibility index (Phi) is 7.63. The van der Waals surface area contributed by atoms with Crippen LogP contribution in [0.1, 0.15) is 16.8 Å². The Morgan fingerprint density at radius 3 is 2.62 bits per heavy atom. The third-order valence-electron chi connectivity index (χ3n) is 3.94. The first-order chi connectivity index (χ1) is 10.7. The Bertz CT molecular complexity index is 662. The Morgan fingerprint density at radius 2 is 1.96 bits per heavy atom. The summed E-state index contributed by atoms with van der Waals surface area (Å²) in [6.07, 6.45) is 4.11. The number of aliphatic hydroxyl groups is 1. The van der Waals surface area contributed by atoms with Gasteiger partial charge in [0.1, 0.15) is 0 Å². The van der Waals surface area contributed by atoms with E-state index < -0.39 is 5.60 Å². The van der Waals surface area contributed by atoms with Crippen LogP contribution in [0.2, 0.25) is 0 Å². The number of pyridine rings is 1. The van der Waals surface area contributed by atoms with E-state index in [0.29, 0.717) is 18.5 Å². The van der Waals surface area contributed by atoms with Gasteiger partial charge in [0.05, 0.1) is 5.60 Å². The molecular weight excluding hydrogens is 349 g/mol. The molecule has 1 fully saturated rings. The Balaban J connectivity index is 0.00000144. The van der Waals surface area contributed by atoms with Crippen molar-refractivity contribution < 1.29 is 9.90 Å². The standard InChI is InChI=1S/C17H19N3O2.2ClH/c21-16(20-12-17(22)6-9-19-11-17)15-3-1-2-14(10-15)13-4-7-18-8-5-13;;/h1-5,7-8,10,19,22H,6,9,11-12H2,(H,20,21);2*1H. The molecule has 7 heteroatoms. The van der Waals surface area contributed by atoms with E-state index in [-0.39, 0.29) is 37.3 Å². The minimum Gasteiger partial charge on any atom is -0.387 e. The van der Waals surface area contributed by atoms with Crippen LogP contribution in [0.15, 0.2) is 48.8 Å². The number of rotatable bonds is 4. The van der Waals surface area contributed by atoms with E-state index in [9.17, 15) is 9.90 Å². The fourth-order valence-electron chi connectivity index (χ4n) is 2.61. The second kappa shape index (κ2) is 8.99. The lowest BCUT2D eigenvalue weighted by atomic mass is 10.0. The summed E-state index contributed by atoms with van der Waals surface area (Å²) in [6, 6.07) is 11.3. The van der Waals surface area contributed by atoms with Gasteiger partial charge in [-0.1, -0.05) is 12.1 Å². The molecule has 3 N–H and O–H groups in total. The molecule has 1 aromatic heterocycles. The number of benzene rings is 1. The SMILES string of the molecule is Cl.Cl.O=C(NCC1(O)CCNC1)c1cccc(-c2ccncc2)c1. The highest BCUT2D eigenvalue weighted by Gasteiger charge is 2.31. The highest BCUT2D eigenvalue weighted by molar-refractivity contribution is 5.95. The molecule has 24 heavy (non-hydrogen) atoms. The Labute approximate surface area is 153 Å². The fraction of sp³-hybridized carbons (Fsp3) is 0.294. The highest BCUT2D eigenvalue weighted by Crippen LogP contribution is 2.19. The lowest BCUT2D eigenvalue weighted by molar-refractivity contribution is 0.0562. The summed E-state index contributed by atoms with van der Waals surface area (Å²) < 4.78 is 0. The van der Waals surface area contributed by atoms with Gasteiger partial charge in [-0.25, -0.2) is 0 Å². The minimum absolute atomic E-state index is 0. The molecule has 0 saturated carbocycles. The van der Waals surface area contributed by atoms with E-state index in [1.807, 2.05) is 30.3 Å². The maximum Gasteiger partial charge on any atom is 0.251 e. The maximum atomic E-state index is 12.3. The summed E-state index contributed by atoms with van der Waals surface area (Å²) in [5, 5.41) is 16.2. The van der Waals surface area contributed by atoms with E-state index in [2.05, 4.69) is 15.6 Å². The first-order valence-electron chi connectivity index (χ1n) is 7.38. The van der Waals surface area contributed by atoms with Crippen molar-refractivity contribution in [3.63, 3.8) is 0 Å². The van der Waals surface area contributed by atoms with Crippen molar-refractivity contribution >= 4 is 30.7 Å². The summed E-state index contributed by atoms with van der Waals surface area (Å²) in [6.45, 7) is 1.56. The van der Waals surface area contributed by atoms with Crippen LogP contribution in [-0.4, -0.2) is 41.2 Å². The smallest absolute Gasteiger partial charge is 0.251 e. The lowest BCUT2D eigenvalue weighted by Crippen LogP contribution is -2.44. The van der Waals surface area contributed by atoms with Crippen LogP contribution < -0.4 is 10.6 Å². The molecule has 1 saturated heterocycles. The Morgan fingerprint density at radius 1 is 1.21 bits per heavy atom. The van der Waals surface area contributed by atoms with Crippen molar-refractivity contribution in [2.45, 2.75) is 12.0 Å². The van der Waals surface area contributed by atoms with E-state index in [1.165, 1.54) is 0 Å². The van der Waals surface area contributed by atoms with Gasteiger partial charge in [-0.05, 0) is 48.4 Å². The van der Waals surface area contributed by atoms with Crippen molar-refractivity contribution in [3.05, 3.63) is 54.4 Å². The van der Waals surface area contributed by atoms with E-state index >= 15 is 0 Å². The van der Waals surface area contributed by atoms with Crippen molar-refractivity contribution in [2.75, 3.05) is 19.6 Å². The first kappa shape index (κ1) is 20.4. The summed E-state index contributed by atoms with van der Waals surface area (Å²) in [5.74, 6) is -0.170. The number of β-amino-alcohol motifs (C(OH)–C–C–N with tert-alkyl or cyclic N) is 1. The van der Waals surface area contributed by atoms with Crippen molar-refractivity contribution in [2.24, 2.45) is 0 Å². The van der Waals surface area contributed by atoms with Gasteiger partial charge in [-0.15, -0.1) is 24.8 Å². The molecule has 1 aromatic carbocycles. The molecular formula is C17H21Cl2N3O2.